The van der Waals surface area contributed by atoms with Crippen LogP contribution in [0.4, 0.5) is 0 Å². The van der Waals surface area contributed by atoms with Crippen LogP contribution >= 0.6 is 0 Å². The molecule has 1 heterocycles. The van der Waals surface area contributed by atoms with Crippen molar-refractivity contribution in [2.24, 2.45) is 5.41 Å². The van der Waals surface area contributed by atoms with Gasteiger partial charge in [-0.05, 0) is 57.0 Å². The molecule has 2 N–H and O–H groups in total. The molecule has 18 heavy (non-hydrogen) atoms. The zero-order chi connectivity index (χ0) is 12.4. The van der Waals surface area contributed by atoms with Gasteiger partial charge in [-0.25, -0.2) is 0 Å². The van der Waals surface area contributed by atoms with Crippen LogP contribution in [0, 0.1) is 5.41 Å². The molecule has 3 rings (SSSR count). The summed E-state index contributed by atoms with van der Waals surface area (Å²) in [5.74, 6) is 0. The largest absolute Gasteiger partial charge is 0.395 e. The standard InChI is InChI=1S/C15H28N2O/c18-12-14(16-13-3-4-13)11-17-9-7-15(8-10-17)5-1-2-6-15/h13-14,16,18H,1-12H2. The number of rotatable bonds is 5. The van der Waals surface area contributed by atoms with Gasteiger partial charge in [0.15, 0.2) is 0 Å². The molecule has 3 aliphatic rings. The van der Waals surface area contributed by atoms with Crippen molar-refractivity contribution in [1.82, 2.24) is 10.2 Å². The summed E-state index contributed by atoms with van der Waals surface area (Å²) in [7, 11) is 0. The summed E-state index contributed by atoms with van der Waals surface area (Å²) < 4.78 is 0. The molecule has 1 atom stereocenters. The Hall–Kier alpha value is -0.120. The van der Waals surface area contributed by atoms with Crippen LogP contribution in [0.25, 0.3) is 0 Å². The average Bonchev–Trinajstić information content (AvgIpc) is 3.10. The summed E-state index contributed by atoms with van der Waals surface area (Å²) in [5.41, 5.74) is 0.717. The predicted molar refractivity (Wildman–Crippen MR) is 73.6 cm³/mol. The molecule has 3 fully saturated rings. The molecule has 104 valence electrons. The molecule has 0 aromatic rings. The van der Waals surface area contributed by atoms with E-state index in [4.69, 9.17) is 0 Å². The lowest BCUT2D eigenvalue weighted by atomic mass is 9.77. The first kappa shape index (κ1) is 12.9. The lowest BCUT2D eigenvalue weighted by molar-refractivity contribution is 0.0906. The number of piperidine rings is 1. The van der Waals surface area contributed by atoms with Gasteiger partial charge in [0.2, 0.25) is 0 Å². The Bertz CT molecular complexity index is 262. The van der Waals surface area contributed by atoms with Crippen molar-refractivity contribution in [3.05, 3.63) is 0 Å². The minimum atomic E-state index is 0.290. The lowest BCUT2D eigenvalue weighted by Crippen LogP contribution is -2.48. The summed E-state index contributed by atoms with van der Waals surface area (Å²) in [6, 6.07) is 1.00. The molecule has 1 aliphatic heterocycles. The summed E-state index contributed by atoms with van der Waals surface area (Å²) >= 11 is 0. The fourth-order valence-electron chi connectivity index (χ4n) is 3.89. The van der Waals surface area contributed by atoms with Gasteiger partial charge in [-0.3, -0.25) is 0 Å². The third kappa shape index (κ3) is 3.06. The highest BCUT2D eigenvalue weighted by atomic mass is 16.3. The van der Waals surface area contributed by atoms with Crippen molar-refractivity contribution in [2.75, 3.05) is 26.2 Å². The second-order valence-corrected chi connectivity index (χ2v) is 6.83. The Labute approximate surface area is 111 Å². The molecule has 3 heteroatoms. The highest BCUT2D eigenvalue weighted by Crippen LogP contribution is 2.46. The number of nitrogens with one attached hydrogen (secondary N) is 1. The van der Waals surface area contributed by atoms with E-state index in [0.717, 1.165) is 12.0 Å². The normalized spacial score (nSPS) is 29.8. The molecule has 1 saturated heterocycles. The molecule has 0 amide bonds. The maximum atomic E-state index is 9.45. The Balaban J connectivity index is 1.43. The molecule has 0 aromatic heterocycles. The zero-order valence-electron chi connectivity index (χ0n) is 11.5. The van der Waals surface area contributed by atoms with Crippen LogP contribution in [-0.4, -0.2) is 48.3 Å². The number of hydrogen-bond donors (Lipinski definition) is 2. The molecule has 1 unspecified atom stereocenters. The van der Waals surface area contributed by atoms with E-state index < -0.39 is 0 Å². The van der Waals surface area contributed by atoms with Crippen LogP contribution in [0.1, 0.15) is 51.4 Å². The highest BCUT2D eigenvalue weighted by Gasteiger charge is 2.37. The lowest BCUT2D eigenvalue weighted by Gasteiger charge is -2.40. The van der Waals surface area contributed by atoms with E-state index in [1.54, 1.807) is 0 Å². The summed E-state index contributed by atoms with van der Waals surface area (Å²) in [6.45, 7) is 3.84. The van der Waals surface area contributed by atoms with Crippen LogP contribution in [0.2, 0.25) is 0 Å². The number of hydrogen-bond acceptors (Lipinski definition) is 3. The van der Waals surface area contributed by atoms with E-state index in [-0.39, 0.29) is 6.61 Å². The van der Waals surface area contributed by atoms with Gasteiger partial charge in [0.05, 0.1) is 6.61 Å². The van der Waals surface area contributed by atoms with E-state index in [0.29, 0.717) is 12.1 Å². The van der Waals surface area contributed by atoms with Gasteiger partial charge in [-0.1, -0.05) is 12.8 Å². The Kier molecular flexibility index (Phi) is 3.92. The minimum absolute atomic E-state index is 0.290. The smallest absolute Gasteiger partial charge is 0.0597 e. The SMILES string of the molecule is OCC(CN1CCC2(CCCC2)CC1)NC1CC1. The van der Waals surface area contributed by atoms with Gasteiger partial charge in [0, 0.05) is 18.6 Å². The fourth-order valence-corrected chi connectivity index (χ4v) is 3.89. The van der Waals surface area contributed by atoms with Crippen LogP contribution in [0.15, 0.2) is 0 Å². The van der Waals surface area contributed by atoms with Crippen molar-refractivity contribution in [2.45, 2.75) is 63.5 Å². The molecular weight excluding hydrogens is 224 g/mol. The fraction of sp³-hybridized carbons (Fsp3) is 1.00. The Morgan fingerprint density at radius 1 is 1.11 bits per heavy atom. The van der Waals surface area contributed by atoms with Crippen molar-refractivity contribution in [3.63, 3.8) is 0 Å². The maximum absolute atomic E-state index is 9.45. The minimum Gasteiger partial charge on any atom is -0.395 e. The highest BCUT2D eigenvalue weighted by molar-refractivity contribution is 4.91. The Morgan fingerprint density at radius 3 is 2.33 bits per heavy atom. The second kappa shape index (κ2) is 5.48. The molecule has 3 nitrogen and oxygen atoms in total. The van der Waals surface area contributed by atoms with Crippen molar-refractivity contribution in [3.8, 4) is 0 Å². The third-order valence-corrected chi connectivity index (χ3v) is 5.33. The number of nitrogens with zero attached hydrogens (tertiary/aromatic N) is 1. The average molecular weight is 252 g/mol. The molecule has 0 aromatic carbocycles. The molecule has 0 radical (unpaired) electrons. The van der Waals surface area contributed by atoms with Crippen LogP contribution in [0.5, 0.6) is 0 Å². The molecule has 2 aliphatic carbocycles. The molecule has 0 bridgehead atoms. The second-order valence-electron chi connectivity index (χ2n) is 6.83. The van der Waals surface area contributed by atoms with E-state index >= 15 is 0 Å². The molecular formula is C15H28N2O. The van der Waals surface area contributed by atoms with Crippen LogP contribution in [0.3, 0.4) is 0 Å². The van der Waals surface area contributed by atoms with E-state index in [2.05, 4.69) is 10.2 Å². The summed E-state index contributed by atoms with van der Waals surface area (Å²) in [5, 5.41) is 13.0. The van der Waals surface area contributed by atoms with Crippen LogP contribution in [-0.2, 0) is 0 Å². The summed E-state index contributed by atoms with van der Waals surface area (Å²) in [4.78, 5) is 2.57. The number of likely N-dealkylation sites (tertiary alicyclic amines) is 1. The van der Waals surface area contributed by atoms with E-state index in [1.807, 2.05) is 0 Å². The first-order chi connectivity index (χ1) is 8.80. The quantitative estimate of drug-likeness (QED) is 0.782. The summed E-state index contributed by atoms with van der Waals surface area (Å²) in [6.07, 6.45) is 11.3. The third-order valence-electron chi connectivity index (χ3n) is 5.33. The zero-order valence-corrected chi connectivity index (χ0v) is 11.5. The van der Waals surface area contributed by atoms with Gasteiger partial charge in [-0.15, -0.1) is 0 Å². The van der Waals surface area contributed by atoms with E-state index in [9.17, 15) is 5.11 Å². The van der Waals surface area contributed by atoms with Gasteiger partial charge in [-0.2, -0.15) is 0 Å². The van der Waals surface area contributed by atoms with Gasteiger partial charge >= 0.3 is 0 Å². The maximum Gasteiger partial charge on any atom is 0.0597 e. The van der Waals surface area contributed by atoms with Crippen molar-refractivity contribution >= 4 is 0 Å². The predicted octanol–water partition coefficient (Wildman–Crippen LogP) is 1.76. The molecule has 2 saturated carbocycles. The Morgan fingerprint density at radius 2 is 1.78 bits per heavy atom. The molecule has 1 spiro atoms. The van der Waals surface area contributed by atoms with Crippen LogP contribution < -0.4 is 5.32 Å². The first-order valence-corrected chi connectivity index (χ1v) is 7.89. The topological polar surface area (TPSA) is 35.5 Å². The van der Waals surface area contributed by atoms with Gasteiger partial charge in [0.25, 0.3) is 0 Å². The first-order valence-electron chi connectivity index (χ1n) is 7.89. The van der Waals surface area contributed by atoms with E-state index in [1.165, 1.54) is 64.5 Å². The number of aliphatic hydroxyl groups excluding tert-OH is 1. The van der Waals surface area contributed by atoms with Gasteiger partial charge < -0.3 is 15.3 Å². The van der Waals surface area contributed by atoms with Crippen molar-refractivity contribution < 1.29 is 5.11 Å². The van der Waals surface area contributed by atoms with Crippen molar-refractivity contribution in [1.29, 1.82) is 0 Å². The monoisotopic (exact) mass is 252 g/mol. The van der Waals surface area contributed by atoms with Gasteiger partial charge in [0.1, 0.15) is 0 Å². The number of aliphatic hydroxyl groups is 1.